The van der Waals surface area contributed by atoms with Gasteiger partial charge in [-0.25, -0.2) is 8.42 Å². The van der Waals surface area contributed by atoms with Crippen molar-refractivity contribution in [2.24, 2.45) is 0 Å². The third kappa shape index (κ3) is 5.16. The number of rotatable bonds is 7. The molecular formula is C14H23NO2S2. The van der Waals surface area contributed by atoms with Gasteiger partial charge < -0.3 is 4.90 Å². The highest BCUT2D eigenvalue weighted by Gasteiger charge is 2.16. The molecule has 19 heavy (non-hydrogen) atoms. The van der Waals surface area contributed by atoms with E-state index in [1.54, 1.807) is 12.1 Å². The van der Waals surface area contributed by atoms with Crippen LogP contribution in [0.1, 0.15) is 26.3 Å². The van der Waals surface area contributed by atoms with E-state index >= 15 is 0 Å². The molecule has 0 aromatic heterocycles. The first-order valence-electron chi connectivity index (χ1n) is 6.57. The highest BCUT2D eigenvalue weighted by Crippen LogP contribution is 2.23. The van der Waals surface area contributed by atoms with Gasteiger partial charge >= 0.3 is 0 Å². The van der Waals surface area contributed by atoms with Crippen LogP contribution >= 0.6 is 10.8 Å². The molecular weight excluding hydrogens is 278 g/mol. The van der Waals surface area contributed by atoms with Crippen LogP contribution in [0.25, 0.3) is 0 Å². The van der Waals surface area contributed by atoms with Crippen LogP contribution in [-0.4, -0.2) is 38.2 Å². The van der Waals surface area contributed by atoms with Crippen LogP contribution in [-0.2, 0) is 8.87 Å². The fourth-order valence-corrected chi connectivity index (χ4v) is 4.58. The lowest BCUT2D eigenvalue weighted by molar-refractivity contribution is 0.249. The molecule has 0 heterocycles. The third-order valence-electron chi connectivity index (χ3n) is 3.06. The predicted octanol–water partition coefficient (Wildman–Crippen LogP) is 3.15. The maximum Gasteiger partial charge on any atom is 0.230 e. The number of aryl methyl sites for hydroxylation is 1. The monoisotopic (exact) mass is 301 g/mol. The standard InChI is InChI=1S/C14H23NO2S2/c1-5-15(12(2)3)10-11-18-19(16,17)14-8-6-13(4)7-9-14/h6-9,12H,5,10-11H2,1-4H3. The molecule has 0 saturated carbocycles. The van der Waals surface area contributed by atoms with Crippen molar-refractivity contribution in [2.75, 3.05) is 18.8 Å². The van der Waals surface area contributed by atoms with Gasteiger partial charge in [-0.2, -0.15) is 0 Å². The molecule has 1 aromatic carbocycles. The molecule has 0 N–H and O–H groups in total. The van der Waals surface area contributed by atoms with E-state index in [0.29, 0.717) is 16.7 Å². The second kappa shape index (κ2) is 7.31. The summed E-state index contributed by atoms with van der Waals surface area (Å²) in [6.07, 6.45) is 0. The zero-order valence-corrected chi connectivity index (χ0v) is 13.7. The summed E-state index contributed by atoms with van der Waals surface area (Å²) >= 11 is 0. The zero-order chi connectivity index (χ0) is 14.5. The molecule has 0 spiro atoms. The largest absolute Gasteiger partial charge is 0.300 e. The smallest absolute Gasteiger partial charge is 0.230 e. The van der Waals surface area contributed by atoms with Crippen molar-refractivity contribution in [3.63, 3.8) is 0 Å². The average Bonchev–Trinajstić information content (AvgIpc) is 2.34. The van der Waals surface area contributed by atoms with Crippen LogP contribution in [0.4, 0.5) is 0 Å². The lowest BCUT2D eigenvalue weighted by Crippen LogP contribution is -2.32. The van der Waals surface area contributed by atoms with Gasteiger partial charge in [0.05, 0.1) is 4.90 Å². The number of benzene rings is 1. The molecule has 0 amide bonds. The predicted molar refractivity (Wildman–Crippen MR) is 83.2 cm³/mol. The summed E-state index contributed by atoms with van der Waals surface area (Å²) in [4.78, 5) is 2.66. The van der Waals surface area contributed by atoms with Crippen LogP contribution in [0.2, 0.25) is 0 Å². The van der Waals surface area contributed by atoms with E-state index < -0.39 is 8.87 Å². The van der Waals surface area contributed by atoms with Gasteiger partial charge in [0.1, 0.15) is 0 Å². The maximum absolute atomic E-state index is 12.1. The van der Waals surface area contributed by atoms with Gasteiger partial charge in [-0.1, -0.05) is 24.6 Å². The van der Waals surface area contributed by atoms with Gasteiger partial charge in [-0.05, 0) is 50.2 Å². The Morgan fingerprint density at radius 3 is 2.26 bits per heavy atom. The van der Waals surface area contributed by atoms with E-state index in [0.717, 1.165) is 29.4 Å². The molecule has 0 aliphatic rings. The van der Waals surface area contributed by atoms with Crippen molar-refractivity contribution in [1.29, 1.82) is 0 Å². The third-order valence-corrected chi connectivity index (χ3v) is 6.58. The molecule has 5 heteroatoms. The maximum atomic E-state index is 12.1. The Balaban J connectivity index is 2.59. The molecule has 0 bridgehead atoms. The van der Waals surface area contributed by atoms with E-state index in [4.69, 9.17) is 0 Å². The Kier molecular flexibility index (Phi) is 6.36. The van der Waals surface area contributed by atoms with Gasteiger partial charge in [-0.3, -0.25) is 0 Å². The Labute approximate surface area is 120 Å². The van der Waals surface area contributed by atoms with Crippen LogP contribution in [0.5, 0.6) is 0 Å². The zero-order valence-electron chi connectivity index (χ0n) is 12.1. The van der Waals surface area contributed by atoms with Gasteiger partial charge in [0, 0.05) is 18.3 Å². The molecule has 0 radical (unpaired) electrons. The Morgan fingerprint density at radius 1 is 1.21 bits per heavy atom. The molecule has 0 saturated heterocycles. The minimum Gasteiger partial charge on any atom is -0.300 e. The summed E-state index contributed by atoms with van der Waals surface area (Å²) in [5, 5.41) is 0. The molecule has 108 valence electrons. The quantitative estimate of drug-likeness (QED) is 0.725. The first-order chi connectivity index (χ1) is 8.86. The summed E-state index contributed by atoms with van der Waals surface area (Å²) < 4.78 is 24.3. The molecule has 0 atom stereocenters. The topological polar surface area (TPSA) is 37.4 Å². The summed E-state index contributed by atoms with van der Waals surface area (Å²) in [6, 6.07) is 7.47. The molecule has 0 unspecified atom stereocenters. The minimum atomic E-state index is -3.22. The average molecular weight is 301 g/mol. The van der Waals surface area contributed by atoms with Crippen molar-refractivity contribution in [3.05, 3.63) is 29.8 Å². The number of nitrogens with zero attached hydrogens (tertiary/aromatic N) is 1. The highest BCUT2D eigenvalue weighted by molar-refractivity contribution is 8.72. The van der Waals surface area contributed by atoms with Crippen molar-refractivity contribution in [1.82, 2.24) is 4.90 Å². The first kappa shape index (κ1) is 16.5. The summed E-state index contributed by atoms with van der Waals surface area (Å²) in [6.45, 7) is 10.0. The van der Waals surface area contributed by atoms with E-state index in [1.807, 2.05) is 19.1 Å². The van der Waals surface area contributed by atoms with Crippen molar-refractivity contribution in [3.8, 4) is 0 Å². The molecule has 1 aromatic rings. The molecule has 0 aliphatic carbocycles. The summed E-state index contributed by atoms with van der Waals surface area (Å²) in [5.41, 5.74) is 1.07. The van der Waals surface area contributed by atoms with E-state index in [9.17, 15) is 8.42 Å². The molecule has 3 nitrogen and oxygen atoms in total. The van der Waals surface area contributed by atoms with Gasteiger partial charge in [0.2, 0.25) is 8.87 Å². The van der Waals surface area contributed by atoms with Crippen LogP contribution in [0, 0.1) is 6.92 Å². The highest BCUT2D eigenvalue weighted by atomic mass is 33.1. The second-order valence-corrected chi connectivity index (χ2v) is 8.86. The van der Waals surface area contributed by atoms with Crippen LogP contribution in [0.3, 0.4) is 0 Å². The van der Waals surface area contributed by atoms with E-state index in [1.165, 1.54) is 0 Å². The number of hydrogen-bond donors (Lipinski definition) is 0. The summed E-state index contributed by atoms with van der Waals surface area (Å²) in [7, 11) is -2.19. The van der Waals surface area contributed by atoms with Crippen molar-refractivity contribution < 1.29 is 8.42 Å². The van der Waals surface area contributed by atoms with Gasteiger partial charge in [0.15, 0.2) is 0 Å². The summed E-state index contributed by atoms with van der Waals surface area (Å²) in [5.74, 6) is 0.599. The van der Waals surface area contributed by atoms with Crippen molar-refractivity contribution in [2.45, 2.75) is 38.6 Å². The Hall–Kier alpha value is -0.520. The Bertz CT molecular complexity index is 481. The molecule has 0 aliphatic heterocycles. The van der Waals surface area contributed by atoms with E-state index in [2.05, 4.69) is 25.7 Å². The Morgan fingerprint density at radius 2 is 1.79 bits per heavy atom. The fraction of sp³-hybridized carbons (Fsp3) is 0.571. The normalized spacial score (nSPS) is 12.3. The van der Waals surface area contributed by atoms with Gasteiger partial charge in [0.25, 0.3) is 0 Å². The first-order valence-corrected chi connectivity index (χ1v) is 9.55. The number of hydrogen-bond acceptors (Lipinski definition) is 4. The second-order valence-electron chi connectivity index (χ2n) is 4.81. The lowest BCUT2D eigenvalue weighted by Gasteiger charge is -2.24. The van der Waals surface area contributed by atoms with Crippen LogP contribution < -0.4 is 0 Å². The fourth-order valence-electron chi connectivity index (χ4n) is 1.82. The molecule has 1 rings (SSSR count). The van der Waals surface area contributed by atoms with E-state index in [-0.39, 0.29) is 0 Å². The SMILES string of the molecule is CCN(CCSS(=O)(=O)c1ccc(C)cc1)C(C)C. The molecule has 0 fully saturated rings. The minimum absolute atomic E-state index is 0.399. The lowest BCUT2D eigenvalue weighted by atomic mass is 10.2. The van der Waals surface area contributed by atoms with Crippen LogP contribution in [0.15, 0.2) is 29.2 Å². The van der Waals surface area contributed by atoms with Gasteiger partial charge in [-0.15, -0.1) is 0 Å². The van der Waals surface area contributed by atoms with Crippen molar-refractivity contribution >= 4 is 19.7 Å².